The van der Waals surface area contributed by atoms with Crippen molar-refractivity contribution < 1.29 is 33.3 Å². The van der Waals surface area contributed by atoms with E-state index < -0.39 is 41.3 Å². The number of anilines is 1. The Morgan fingerprint density at radius 3 is 2.56 bits per heavy atom. The molecule has 3 heterocycles. The van der Waals surface area contributed by atoms with Gasteiger partial charge in [0.2, 0.25) is 0 Å². The summed E-state index contributed by atoms with van der Waals surface area (Å²) in [6.07, 6.45) is 1.08. The fourth-order valence-electron chi connectivity index (χ4n) is 4.70. The van der Waals surface area contributed by atoms with E-state index in [4.69, 9.17) is 9.47 Å². The van der Waals surface area contributed by atoms with E-state index in [0.717, 1.165) is 31.9 Å². The molecule has 9 nitrogen and oxygen atoms in total. The Hall–Kier alpha value is -2.79. The Labute approximate surface area is 196 Å². The third-order valence-corrected chi connectivity index (χ3v) is 5.97. The smallest absolute Gasteiger partial charge is 0.411 e. The molecule has 186 valence electrons. The molecule has 1 aromatic heterocycles. The summed E-state index contributed by atoms with van der Waals surface area (Å²) >= 11 is 0. The van der Waals surface area contributed by atoms with Gasteiger partial charge in [-0.15, -0.1) is 0 Å². The van der Waals surface area contributed by atoms with Gasteiger partial charge in [-0.3, -0.25) is 4.90 Å². The average molecular weight is 481 g/mol. The molecule has 0 spiro atoms. The number of aliphatic hydroxyl groups is 2. The number of fused-ring (bicyclic) bond motifs is 3. The highest BCUT2D eigenvalue weighted by Gasteiger charge is 2.52. The highest BCUT2D eigenvalue weighted by Crippen LogP contribution is 2.42. The lowest BCUT2D eigenvalue weighted by Gasteiger charge is -2.47. The fraction of sp³-hybridized carbons (Fsp3) is 0.609. The van der Waals surface area contributed by atoms with Crippen molar-refractivity contribution >= 4 is 22.8 Å². The third-order valence-electron chi connectivity index (χ3n) is 5.97. The summed E-state index contributed by atoms with van der Waals surface area (Å²) in [5.74, 6) is -3.56. The molecule has 1 amide bonds. The number of aromatic nitrogens is 2. The molecule has 0 aliphatic carbocycles. The first-order valence-corrected chi connectivity index (χ1v) is 11.2. The zero-order valence-corrected chi connectivity index (χ0v) is 19.9. The predicted octanol–water partition coefficient (Wildman–Crippen LogP) is 2.97. The number of carbonyl (C=O) groups excluding carboxylic acids is 1. The lowest BCUT2D eigenvalue weighted by Crippen LogP contribution is -2.63. The molecule has 2 aliphatic heterocycles. The Bertz CT molecular complexity index is 1120. The molecule has 0 radical (unpaired) electrons. The maximum absolute atomic E-state index is 14.6. The predicted molar refractivity (Wildman–Crippen MR) is 120 cm³/mol. The second-order valence-corrected chi connectivity index (χ2v) is 10.5. The zero-order valence-electron chi connectivity index (χ0n) is 19.9. The van der Waals surface area contributed by atoms with Gasteiger partial charge < -0.3 is 24.6 Å². The number of carbonyl (C=O) groups is 1. The minimum Gasteiger partial charge on any atom is -0.458 e. The lowest BCUT2D eigenvalue weighted by molar-refractivity contribution is -0.166. The second kappa shape index (κ2) is 8.16. The van der Waals surface area contributed by atoms with Crippen LogP contribution in [0.25, 0.3) is 10.9 Å². The third kappa shape index (κ3) is 4.85. The molecule has 1 aromatic carbocycles. The van der Waals surface area contributed by atoms with Gasteiger partial charge in [0.05, 0.1) is 11.6 Å². The maximum Gasteiger partial charge on any atom is 0.411 e. The van der Waals surface area contributed by atoms with Crippen molar-refractivity contribution in [2.75, 3.05) is 24.6 Å². The topological polar surface area (TPSA) is 108 Å². The summed E-state index contributed by atoms with van der Waals surface area (Å²) < 4.78 is 39.7. The van der Waals surface area contributed by atoms with Gasteiger partial charge in [0.1, 0.15) is 29.4 Å². The SMILES string of the molecule is CC(O)(O)COc1nc(N2C[C@H]3CC[C@@](C)(C2)N3C(=O)OC(C)(C)C)c2cc(F)cc(F)c2n1. The Morgan fingerprint density at radius 1 is 1.24 bits per heavy atom. The minimum absolute atomic E-state index is 0.147. The first-order chi connectivity index (χ1) is 15.7. The Kier molecular flexibility index (Phi) is 5.84. The summed E-state index contributed by atoms with van der Waals surface area (Å²) in [5, 5.41) is 19.3. The highest BCUT2D eigenvalue weighted by molar-refractivity contribution is 5.90. The minimum atomic E-state index is -2.15. The summed E-state index contributed by atoms with van der Waals surface area (Å²) in [7, 11) is 0. The molecule has 34 heavy (non-hydrogen) atoms. The van der Waals surface area contributed by atoms with Crippen LogP contribution in [0.3, 0.4) is 0 Å². The lowest BCUT2D eigenvalue weighted by atomic mass is 9.97. The molecule has 2 aromatic rings. The molecule has 4 rings (SSSR count). The molecule has 2 saturated heterocycles. The molecular weight excluding hydrogens is 450 g/mol. The van der Waals surface area contributed by atoms with Crippen LogP contribution in [0.1, 0.15) is 47.5 Å². The van der Waals surface area contributed by atoms with Crippen molar-refractivity contribution in [2.45, 2.75) is 70.4 Å². The van der Waals surface area contributed by atoms with Crippen molar-refractivity contribution in [1.82, 2.24) is 14.9 Å². The monoisotopic (exact) mass is 480 g/mol. The van der Waals surface area contributed by atoms with Crippen molar-refractivity contribution in [1.29, 1.82) is 0 Å². The maximum atomic E-state index is 14.6. The van der Waals surface area contributed by atoms with E-state index in [-0.39, 0.29) is 28.8 Å². The molecule has 2 N–H and O–H groups in total. The number of benzene rings is 1. The van der Waals surface area contributed by atoms with E-state index in [9.17, 15) is 23.8 Å². The molecule has 2 bridgehead atoms. The fourth-order valence-corrected chi connectivity index (χ4v) is 4.70. The summed E-state index contributed by atoms with van der Waals surface area (Å²) in [6, 6.07) is 1.43. The number of ether oxygens (including phenoxy) is 2. The van der Waals surface area contributed by atoms with Crippen LogP contribution in [0.2, 0.25) is 0 Å². The highest BCUT2D eigenvalue weighted by atomic mass is 19.1. The van der Waals surface area contributed by atoms with Gasteiger partial charge in [0.15, 0.2) is 11.6 Å². The molecule has 2 aliphatic rings. The Balaban J connectivity index is 1.72. The van der Waals surface area contributed by atoms with Crippen molar-refractivity contribution in [3.8, 4) is 6.01 Å². The van der Waals surface area contributed by atoms with Gasteiger partial charge in [-0.1, -0.05) is 0 Å². The van der Waals surface area contributed by atoms with Crippen molar-refractivity contribution in [3.05, 3.63) is 23.8 Å². The van der Waals surface area contributed by atoms with E-state index in [1.54, 1.807) is 4.90 Å². The van der Waals surface area contributed by atoms with E-state index >= 15 is 0 Å². The van der Waals surface area contributed by atoms with E-state index in [2.05, 4.69) is 9.97 Å². The quantitative estimate of drug-likeness (QED) is 0.643. The van der Waals surface area contributed by atoms with Gasteiger partial charge in [-0.05, 0) is 53.5 Å². The number of piperazine rings is 1. The first kappa shape index (κ1) is 24.3. The van der Waals surface area contributed by atoms with Crippen LogP contribution in [0.4, 0.5) is 19.4 Å². The molecule has 0 saturated carbocycles. The number of hydrogen-bond acceptors (Lipinski definition) is 8. The van der Waals surface area contributed by atoms with Crippen molar-refractivity contribution in [3.63, 3.8) is 0 Å². The Morgan fingerprint density at radius 2 is 1.94 bits per heavy atom. The van der Waals surface area contributed by atoms with Gasteiger partial charge in [-0.25, -0.2) is 13.6 Å². The number of nitrogens with zero attached hydrogens (tertiary/aromatic N) is 4. The van der Waals surface area contributed by atoms with Gasteiger partial charge in [-0.2, -0.15) is 9.97 Å². The average Bonchev–Trinajstić information content (AvgIpc) is 2.89. The van der Waals surface area contributed by atoms with Crippen LogP contribution in [-0.4, -0.2) is 73.8 Å². The second-order valence-electron chi connectivity index (χ2n) is 10.5. The first-order valence-electron chi connectivity index (χ1n) is 11.2. The number of amides is 1. The molecule has 0 unspecified atom stereocenters. The molecule has 2 fully saturated rings. The zero-order chi connectivity index (χ0) is 25.1. The van der Waals surface area contributed by atoms with Gasteiger partial charge in [0.25, 0.3) is 0 Å². The molecule has 2 atom stereocenters. The van der Waals surface area contributed by atoms with Crippen LogP contribution in [-0.2, 0) is 4.74 Å². The number of halogens is 2. The van der Waals surface area contributed by atoms with Crippen LogP contribution < -0.4 is 9.64 Å². The summed E-state index contributed by atoms with van der Waals surface area (Å²) in [6.45, 7) is 8.69. The largest absolute Gasteiger partial charge is 0.458 e. The van der Waals surface area contributed by atoms with Crippen LogP contribution in [0, 0.1) is 11.6 Å². The van der Waals surface area contributed by atoms with Crippen molar-refractivity contribution in [2.24, 2.45) is 0 Å². The van der Waals surface area contributed by atoms with Gasteiger partial charge >= 0.3 is 12.1 Å². The van der Waals surface area contributed by atoms with E-state index in [1.807, 2.05) is 32.6 Å². The van der Waals surface area contributed by atoms with E-state index in [1.165, 1.54) is 0 Å². The summed E-state index contributed by atoms with van der Waals surface area (Å²) in [4.78, 5) is 25.0. The molecular formula is C23H30F2N4O5. The standard InChI is InChI=1S/C23H30F2N4O5/c1-21(2,3)34-20(30)29-14-6-7-22(29,4)11-28(10-14)18-15-8-13(24)9-16(25)17(15)26-19(27-18)33-12-23(5,31)32/h8-9,14,31-32H,6-7,10-12H2,1-5H3/t14-,22+/m1/s1. The van der Waals surface area contributed by atoms with Crippen LogP contribution >= 0.6 is 0 Å². The van der Waals surface area contributed by atoms with Crippen LogP contribution in [0.5, 0.6) is 6.01 Å². The summed E-state index contributed by atoms with van der Waals surface area (Å²) in [5.41, 5.74) is -1.36. The van der Waals surface area contributed by atoms with Crippen LogP contribution in [0.15, 0.2) is 12.1 Å². The molecule has 11 heteroatoms. The normalized spacial score (nSPS) is 22.9. The van der Waals surface area contributed by atoms with E-state index in [0.29, 0.717) is 13.1 Å². The number of hydrogen-bond donors (Lipinski definition) is 2. The number of rotatable bonds is 4. The van der Waals surface area contributed by atoms with Gasteiger partial charge in [0, 0.05) is 24.5 Å².